The molecule has 0 aliphatic heterocycles. The average Bonchev–Trinajstić information content (AvgIpc) is 3.41. The number of benzene rings is 3. The van der Waals surface area contributed by atoms with Crippen LogP contribution in [0.25, 0.3) is 11.0 Å². The third-order valence-corrected chi connectivity index (χ3v) is 11.9. The maximum absolute atomic E-state index is 6.13. The Balaban J connectivity index is 1.93. The van der Waals surface area contributed by atoms with Crippen LogP contribution in [0.4, 0.5) is 0 Å². The summed E-state index contributed by atoms with van der Waals surface area (Å²) in [6.45, 7) is 7.63. The Morgan fingerprint density at radius 1 is 0.806 bits per heavy atom. The molecule has 0 fully saturated rings. The predicted molar refractivity (Wildman–Crippen MR) is 161 cm³/mol. The standard InChI is InChI=1S/C32H37NOP2/c1-4-7-8-15-25-33(35(29-19-11-9-12-20-29)30-21-13-10-14-22-30)36(28(6-3)17-5-2)31-23-16-18-27-24-26-34-32(27)31/h5-6,9-14,16-24,26H,4,7-8,15,25H2,1-3H3. The van der Waals surface area contributed by atoms with E-state index in [2.05, 4.69) is 128 Å². The van der Waals surface area contributed by atoms with Crippen molar-refractivity contribution in [3.8, 4) is 0 Å². The molecule has 0 N–H and O–H groups in total. The van der Waals surface area contributed by atoms with E-state index in [1.165, 1.54) is 52.3 Å². The topological polar surface area (TPSA) is 16.4 Å². The smallest absolute Gasteiger partial charge is 0.143 e. The highest BCUT2D eigenvalue weighted by molar-refractivity contribution is 7.83. The molecule has 186 valence electrons. The van der Waals surface area contributed by atoms with Crippen LogP contribution in [-0.2, 0) is 0 Å². The van der Waals surface area contributed by atoms with E-state index in [9.17, 15) is 0 Å². The van der Waals surface area contributed by atoms with Gasteiger partial charge in [0, 0.05) is 33.4 Å². The fourth-order valence-corrected chi connectivity index (χ4v) is 10.8. The molecule has 0 radical (unpaired) electrons. The Morgan fingerprint density at radius 3 is 2.11 bits per heavy atom. The van der Waals surface area contributed by atoms with Gasteiger partial charge in [-0.05, 0) is 48.3 Å². The van der Waals surface area contributed by atoms with Crippen LogP contribution in [0.15, 0.2) is 119 Å². The summed E-state index contributed by atoms with van der Waals surface area (Å²) in [5.41, 5.74) is 1.02. The van der Waals surface area contributed by atoms with Crippen LogP contribution < -0.4 is 15.9 Å². The number of hydrogen-bond acceptors (Lipinski definition) is 2. The van der Waals surface area contributed by atoms with Crippen LogP contribution >= 0.6 is 16.1 Å². The third kappa shape index (κ3) is 6.24. The van der Waals surface area contributed by atoms with Crippen molar-refractivity contribution in [3.63, 3.8) is 0 Å². The van der Waals surface area contributed by atoms with Gasteiger partial charge in [0.25, 0.3) is 0 Å². The molecule has 0 aliphatic carbocycles. The van der Waals surface area contributed by atoms with Crippen molar-refractivity contribution in [2.75, 3.05) is 6.54 Å². The first-order valence-corrected chi connectivity index (χ1v) is 15.6. The summed E-state index contributed by atoms with van der Waals surface area (Å²) >= 11 is 0. The Hall–Kier alpha value is -2.50. The molecule has 0 bridgehead atoms. The molecule has 0 spiro atoms. The Kier molecular flexibility index (Phi) is 10.1. The summed E-state index contributed by atoms with van der Waals surface area (Å²) in [6.07, 6.45) is 13.6. The van der Waals surface area contributed by atoms with Gasteiger partial charge >= 0.3 is 0 Å². The van der Waals surface area contributed by atoms with Crippen LogP contribution in [-0.4, -0.2) is 11.0 Å². The van der Waals surface area contributed by atoms with E-state index in [1.807, 2.05) is 6.26 Å². The summed E-state index contributed by atoms with van der Waals surface area (Å²) < 4.78 is 8.96. The molecule has 2 nitrogen and oxygen atoms in total. The summed E-state index contributed by atoms with van der Waals surface area (Å²) in [6, 6.07) is 30.9. The van der Waals surface area contributed by atoms with Gasteiger partial charge in [-0.3, -0.25) is 0 Å². The fourth-order valence-electron chi connectivity index (χ4n) is 4.52. The van der Waals surface area contributed by atoms with Gasteiger partial charge in [0.2, 0.25) is 0 Å². The molecule has 1 aromatic heterocycles. The molecule has 0 saturated carbocycles. The van der Waals surface area contributed by atoms with E-state index in [1.54, 1.807) is 0 Å². The minimum atomic E-state index is -0.827. The van der Waals surface area contributed by atoms with E-state index in [0.717, 1.165) is 12.1 Å². The Morgan fingerprint density at radius 2 is 1.50 bits per heavy atom. The zero-order valence-electron chi connectivity index (χ0n) is 21.7. The Labute approximate surface area is 219 Å². The van der Waals surface area contributed by atoms with E-state index in [-0.39, 0.29) is 0 Å². The van der Waals surface area contributed by atoms with Gasteiger partial charge in [0.05, 0.1) is 6.26 Å². The quantitative estimate of drug-likeness (QED) is 0.107. The number of hydrogen-bond donors (Lipinski definition) is 0. The van der Waals surface area contributed by atoms with Gasteiger partial charge in [-0.25, -0.2) is 4.44 Å². The molecule has 0 aliphatic rings. The first-order valence-electron chi connectivity index (χ1n) is 13.0. The van der Waals surface area contributed by atoms with E-state index in [4.69, 9.17) is 4.42 Å². The molecule has 36 heavy (non-hydrogen) atoms. The number of unbranched alkanes of at least 4 members (excludes halogenated alkanes) is 3. The number of furan rings is 1. The highest BCUT2D eigenvalue weighted by Crippen LogP contribution is 2.60. The van der Waals surface area contributed by atoms with Gasteiger partial charge in [-0.2, -0.15) is 0 Å². The van der Waals surface area contributed by atoms with Gasteiger partial charge in [0.1, 0.15) is 5.58 Å². The lowest BCUT2D eigenvalue weighted by molar-refractivity contribution is 0.595. The minimum Gasteiger partial charge on any atom is -0.464 e. The average molecular weight is 514 g/mol. The van der Waals surface area contributed by atoms with Gasteiger partial charge in [-0.1, -0.05) is 117 Å². The van der Waals surface area contributed by atoms with Gasteiger partial charge in [-0.15, -0.1) is 0 Å². The molecule has 0 amide bonds. The van der Waals surface area contributed by atoms with Crippen LogP contribution in [0.2, 0.25) is 0 Å². The summed E-state index contributed by atoms with van der Waals surface area (Å²) in [5.74, 6) is 0. The number of rotatable bonds is 12. The van der Waals surface area contributed by atoms with Crippen LogP contribution in [0, 0.1) is 0 Å². The predicted octanol–water partition coefficient (Wildman–Crippen LogP) is 8.87. The maximum Gasteiger partial charge on any atom is 0.143 e. The molecule has 0 saturated heterocycles. The Bertz CT molecular complexity index is 1220. The molecular weight excluding hydrogens is 476 g/mol. The second-order valence-corrected chi connectivity index (χ2v) is 13.3. The van der Waals surface area contributed by atoms with Crippen LogP contribution in [0.5, 0.6) is 0 Å². The van der Waals surface area contributed by atoms with Crippen LogP contribution in [0.1, 0.15) is 46.5 Å². The lowest BCUT2D eigenvalue weighted by Gasteiger charge is -2.39. The normalized spacial score (nSPS) is 13.3. The molecule has 1 atom stereocenters. The molecule has 3 aromatic carbocycles. The largest absolute Gasteiger partial charge is 0.464 e. The van der Waals surface area contributed by atoms with Crippen molar-refractivity contribution in [1.29, 1.82) is 0 Å². The van der Waals surface area contributed by atoms with Crippen molar-refractivity contribution in [1.82, 2.24) is 4.44 Å². The highest BCUT2D eigenvalue weighted by Gasteiger charge is 2.33. The molecule has 1 heterocycles. The molecular formula is C32H37NOP2. The van der Waals surface area contributed by atoms with Gasteiger partial charge < -0.3 is 4.42 Å². The number of nitrogens with zero attached hydrogens (tertiary/aromatic N) is 1. The van der Waals surface area contributed by atoms with Crippen LogP contribution in [0.3, 0.4) is 0 Å². The lowest BCUT2D eigenvalue weighted by atomic mass is 10.2. The van der Waals surface area contributed by atoms with E-state index >= 15 is 0 Å². The number of para-hydroxylation sites is 1. The molecule has 4 heteroatoms. The second-order valence-electron chi connectivity index (χ2n) is 8.78. The van der Waals surface area contributed by atoms with E-state index in [0.29, 0.717) is 0 Å². The van der Waals surface area contributed by atoms with E-state index < -0.39 is 16.1 Å². The third-order valence-electron chi connectivity index (χ3n) is 6.24. The van der Waals surface area contributed by atoms with Crippen molar-refractivity contribution < 1.29 is 4.42 Å². The second kappa shape index (κ2) is 13.7. The highest BCUT2D eigenvalue weighted by atomic mass is 31.2. The molecule has 4 aromatic rings. The zero-order valence-corrected chi connectivity index (χ0v) is 23.5. The maximum atomic E-state index is 6.13. The first-order chi connectivity index (χ1) is 17.8. The molecule has 1 unspecified atom stereocenters. The first kappa shape index (κ1) is 26.6. The SMILES string of the molecule is CC=CC(=CC)P(c1cccc2ccoc12)N(CCCCCC)P(c1ccccc1)c1ccccc1. The molecule has 4 rings (SSSR count). The summed E-state index contributed by atoms with van der Waals surface area (Å²) in [5, 5.41) is 6.62. The van der Waals surface area contributed by atoms with Crippen molar-refractivity contribution in [3.05, 3.63) is 115 Å². The van der Waals surface area contributed by atoms with Gasteiger partial charge in [0.15, 0.2) is 0 Å². The number of fused-ring (bicyclic) bond motifs is 1. The zero-order chi connectivity index (χ0) is 25.2. The summed E-state index contributed by atoms with van der Waals surface area (Å²) in [7, 11) is -1.57. The minimum absolute atomic E-state index is 0.742. The van der Waals surface area contributed by atoms with Crippen molar-refractivity contribution in [2.45, 2.75) is 46.5 Å². The summed E-state index contributed by atoms with van der Waals surface area (Å²) in [4.78, 5) is 0. The number of allylic oxidation sites excluding steroid dienone is 4. The fraction of sp³-hybridized carbons (Fsp3) is 0.250. The van der Waals surface area contributed by atoms with Crippen molar-refractivity contribution in [2.24, 2.45) is 0 Å². The lowest BCUT2D eigenvalue weighted by Crippen LogP contribution is -2.29. The van der Waals surface area contributed by atoms with Crippen molar-refractivity contribution >= 4 is 43.0 Å². The monoisotopic (exact) mass is 513 g/mol.